The molecule has 172 valence electrons. The summed E-state index contributed by atoms with van der Waals surface area (Å²) in [4.78, 5) is 26.3. The Kier molecular flexibility index (Phi) is 10.3. The van der Waals surface area contributed by atoms with Gasteiger partial charge in [0.15, 0.2) is 15.6 Å². The zero-order valence-corrected chi connectivity index (χ0v) is 19.6. The largest absolute Gasteiger partial charge is 0.465 e. The molecule has 0 aliphatic carbocycles. The smallest absolute Gasteiger partial charge is 0.317 e. The molecule has 0 amide bonds. The fraction of sp³-hybridized carbons (Fsp3) is 0.385. The van der Waals surface area contributed by atoms with Crippen LogP contribution in [0.15, 0.2) is 77.0 Å². The Balaban J connectivity index is 2.40. The second-order valence-corrected chi connectivity index (χ2v) is 9.49. The van der Waals surface area contributed by atoms with E-state index in [1.54, 1.807) is 55.5 Å². The van der Waals surface area contributed by atoms with Crippen molar-refractivity contribution in [1.82, 2.24) is 0 Å². The van der Waals surface area contributed by atoms with Gasteiger partial charge in [-0.15, -0.1) is 0 Å². The number of benzene rings is 2. The highest BCUT2D eigenvalue weighted by atomic mass is 32.2. The van der Waals surface area contributed by atoms with Gasteiger partial charge in [0.05, 0.1) is 11.5 Å². The Morgan fingerprint density at radius 3 is 2.12 bits per heavy atom. The summed E-state index contributed by atoms with van der Waals surface area (Å²) in [7, 11) is -3.70. The van der Waals surface area contributed by atoms with Crippen molar-refractivity contribution >= 4 is 21.6 Å². The Bertz CT molecular complexity index is 981. The number of esters is 1. The van der Waals surface area contributed by atoms with Crippen molar-refractivity contribution in [3.05, 3.63) is 77.7 Å². The molecule has 32 heavy (non-hydrogen) atoms. The van der Waals surface area contributed by atoms with Crippen molar-refractivity contribution in [3.63, 3.8) is 0 Å². The van der Waals surface area contributed by atoms with Gasteiger partial charge in [-0.3, -0.25) is 9.59 Å². The normalized spacial score (nSPS) is 13.6. The van der Waals surface area contributed by atoms with E-state index in [1.165, 1.54) is 18.2 Å². The zero-order chi connectivity index (χ0) is 23.4. The predicted molar refractivity (Wildman–Crippen MR) is 126 cm³/mol. The minimum Gasteiger partial charge on any atom is -0.465 e. The Hall–Kier alpha value is -2.73. The van der Waals surface area contributed by atoms with Gasteiger partial charge in [-0.2, -0.15) is 0 Å². The summed E-state index contributed by atoms with van der Waals surface area (Å²) in [5.74, 6) is -2.66. The minimum absolute atomic E-state index is 0.145. The predicted octanol–water partition coefficient (Wildman–Crippen LogP) is 5.62. The van der Waals surface area contributed by atoms with Crippen LogP contribution in [0, 0.1) is 11.8 Å². The number of carbonyl (C=O) groups is 2. The second kappa shape index (κ2) is 13.0. The third-order valence-corrected chi connectivity index (χ3v) is 6.72. The van der Waals surface area contributed by atoms with Crippen molar-refractivity contribution in [3.8, 4) is 0 Å². The summed E-state index contributed by atoms with van der Waals surface area (Å²) >= 11 is 0. The van der Waals surface area contributed by atoms with Crippen LogP contribution in [0.2, 0.25) is 0 Å². The molecule has 0 N–H and O–H groups in total. The van der Waals surface area contributed by atoms with Crippen molar-refractivity contribution in [1.29, 1.82) is 0 Å². The fourth-order valence-corrected chi connectivity index (χ4v) is 4.67. The van der Waals surface area contributed by atoms with Crippen molar-refractivity contribution < 1.29 is 22.7 Å². The van der Waals surface area contributed by atoms with Gasteiger partial charge in [-0.1, -0.05) is 87.2 Å². The topological polar surface area (TPSA) is 77.5 Å². The maximum absolute atomic E-state index is 13.3. The number of sulfone groups is 1. The average molecular weight is 457 g/mol. The van der Waals surface area contributed by atoms with E-state index in [-0.39, 0.29) is 17.3 Å². The summed E-state index contributed by atoms with van der Waals surface area (Å²) in [5.41, 5.74) is 0.406. The number of Topliss-reactive ketones (excluding diaryl/α,β-unsaturated/α-hetero) is 1. The number of rotatable bonds is 13. The van der Waals surface area contributed by atoms with Gasteiger partial charge in [-0.25, -0.2) is 8.42 Å². The van der Waals surface area contributed by atoms with Crippen LogP contribution in [0.5, 0.6) is 0 Å². The summed E-state index contributed by atoms with van der Waals surface area (Å²) in [6.07, 6.45) is 5.83. The number of allylic oxidation sites excluding steroid dienone is 1. The first-order valence-corrected chi connectivity index (χ1v) is 12.7. The van der Waals surface area contributed by atoms with Crippen LogP contribution < -0.4 is 0 Å². The lowest BCUT2D eigenvalue weighted by Crippen LogP contribution is -2.32. The molecule has 0 spiro atoms. The average Bonchev–Trinajstić information content (AvgIpc) is 2.81. The monoisotopic (exact) mass is 456 g/mol. The number of ketones is 1. The van der Waals surface area contributed by atoms with Crippen LogP contribution in [0.3, 0.4) is 0 Å². The van der Waals surface area contributed by atoms with E-state index in [2.05, 4.69) is 6.92 Å². The van der Waals surface area contributed by atoms with Crippen molar-refractivity contribution in [2.45, 2.75) is 50.8 Å². The van der Waals surface area contributed by atoms with Gasteiger partial charge in [0, 0.05) is 11.0 Å². The van der Waals surface area contributed by atoms with Crippen molar-refractivity contribution in [2.24, 2.45) is 11.8 Å². The Labute approximate surface area is 191 Å². The summed E-state index contributed by atoms with van der Waals surface area (Å²) in [6, 6.07) is 16.7. The molecule has 2 unspecified atom stereocenters. The third-order valence-electron chi connectivity index (χ3n) is 5.28. The maximum atomic E-state index is 13.3. The van der Waals surface area contributed by atoms with Gasteiger partial charge in [-0.05, 0) is 31.4 Å². The van der Waals surface area contributed by atoms with E-state index in [1.807, 2.05) is 0 Å². The minimum atomic E-state index is -3.70. The van der Waals surface area contributed by atoms with Crippen LogP contribution in [-0.4, -0.2) is 26.8 Å². The molecule has 2 atom stereocenters. The highest BCUT2D eigenvalue weighted by Crippen LogP contribution is 2.27. The Morgan fingerprint density at radius 2 is 1.53 bits per heavy atom. The van der Waals surface area contributed by atoms with Gasteiger partial charge in [0.2, 0.25) is 0 Å². The quantitative estimate of drug-likeness (QED) is 0.169. The molecule has 0 radical (unpaired) electrons. The maximum Gasteiger partial charge on any atom is 0.317 e. The molecule has 0 heterocycles. The molecule has 2 rings (SSSR count). The number of hydrogen-bond donors (Lipinski definition) is 0. The molecule has 0 fully saturated rings. The van der Waals surface area contributed by atoms with E-state index in [0.717, 1.165) is 31.1 Å². The SMILES string of the molecule is CCCCCCC(/C=C/S(=O)(=O)c1ccccc1)C(C(=O)OCC)C(=O)c1ccccc1. The lowest BCUT2D eigenvalue weighted by atomic mass is 9.82. The van der Waals surface area contributed by atoms with Crippen molar-refractivity contribution in [2.75, 3.05) is 6.61 Å². The van der Waals surface area contributed by atoms with Gasteiger partial charge in [0.25, 0.3) is 0 Å². The van der Waals surface area contributed by atoms with Crippen LogP contribution >= 0.6 is 0 Å². The number of carbonyl (C=O) groups excluding carboxylic acids is 2. The van der Waals surface area contributed by atoms with E-state index in [9.17, 15) is 18.0 Å². The van der Waals surface area contributed by atoms with Crippen LogP contribution in [0.1, 0.15) is 56.3 Å². The molecule has 0 saturated heterocycles. The molecule has 6 heteroatoms. The van der Waals surface area contributed by atoms with Crippen LogP contribution in [0.4, 0.5) is 0 Å². The van der Waals surface area contributed by atoms with Gasteiger partial charge >= 0.3 is 5.97 Å². The zero-order valence-electron chi connectivity index (χ0n) is 18.8. The Morgan fingerprint density at radius 1 is 0.906 bits per heavy atom. The second-order valence-electron chi connectivity index (χ2n) is 7.66. The molecule has 0 aliphatic heterocycles. The third kappa shape index (κ3) is 7.45. The summed E-state index contributed by atoms with van der Waals surface area (Å²) in [5, 5.41) is 1.12. The highest BCUT2D eigenvalue weighted by Gasteiger charge is 2.35. The molecule has 2 aromatic rings. The molecule has 2 aromatic carbocycles. The first kappa shape index (κ1) is 25.5. The fourth-order valence-electron chi connectivity index (χ4n) is 3.56. The van der Waals surface area contributed by atoms with Gasteiger partial charge < -0.3 is 4.74 Å². The standard InChI is InChI=1S/C26H32O5S/c1-3-5-6-9-14-21(19-20-32(29,30)23-17-12-8-13-18-23)24(26(28)31-4-2)25(27)22-15-10-7-11-16-22/h7-8,10-13,15-21,24H,3-6,9,14H2,1-2H3/b20-19+. The number of ether oxygens (including phenoxy) is 1. The van der Waals surface area contributed by atoms with Gasteiger partial charge in [0.1, 0.15) is 5.92 Å². The molecule has 0 aromatic heterocycles. The molecular formula is C26H32O5S. The van der Waals surface area contributed by atoms with E-state index in [4.69, 9.17) is 4.74 Å². The number of hydrogen-bond acceptors (Lipinski definition) is 5. The molecule has 0 saturated carbocycles. The molecule has 0 aliphatic rings. The summed E-state index contributed by atoms with van der Waals surface area (Å²) in [6.45, 7) is 3.93. The lowest BCUT2D eigenvalue weighted by Gasteiger charge is -2.22. The van der Waals surface area contributed by atoms with E-state index >= 15 is 0 Å². The first-order chi connectivity index (χ1) is 15.4. The van der Waals surface area contributed by atoms with Crippen LogP contribution in [-0.2, 0) is 19.4 Å². The lowest BCUT2D eigenvalue weighted by molar-refractivity contribution is -0.147. The van der Waals surface area contributed by atoms with E-state index < -0.39 is 27.6 Å². The molecule has 0 bridgehead atoms. The molecular weight excluding hydrogens is 424 g/mol. The summed E-state index contributed by atoms with van der Waals surface area (Å²) < 4.78 is 30.8. The first-order valence-electron chi connectivity index (χ1n) is 11.1. The van der Waals surface area contributed by atoms with E-state index in [0.29, 0.717) is 12.0 Å². The molecule has 5 nitrogen and oxygen atoms in total. The van der Waals surface area contributed by atoms with Crippen LogP contribution in [0.25, 0.3) is 0 Å². The highest BCUT2D eigenvalue weighted by molar-refractivity contribution is 7.94. The number of unbranched alkanes of at least 4 members (excludes halogenated alkanes) is 3.